The van der Waals surface area contributed by atoms with Crippen LogP contribution in [0.4, 0.5) is 0 Å². The van der Waals surface area contributed by atoms with Crippen molar-refractivity contribution in [3.63, 3.8) is 0 Å². The second-order valence-electron chi connectivity index (χ2n) is 8.86. The zero-order chi connectivity index (χ0) is 27.5. The molecular formula is C28H31ClN2O6S. The number of carboxylic acid groups (broad SMARTS) is 1. The topological polar surface area (TPSA) is 122 Å². The molecule has 0 saturated carbocycles. The van der Waals surface area contributed by atoms with E-state index < -0.39 is 22.0 Å². The Hall–Kier alpha value is -3.40. The van der Waals surface area contributed by atoms with E-state index in [4.69, 9.17) is 16.3 Å². The van der Waals surface area contributed by atoms with Crippen molar-refractivity contribution in [2.24, 2.45) is 0 Å². The molecule has 0 fully saturated rings. The SMILES string of the molecule is CCCS(=O)(=O)NC(Cc1cccc(CNC(=O)Cc2ccc(OCc3ccc(Cl)cc3)cc2)c1)C(=O)O. The molecule has 202 valence electrons. The molecule has 0 aliphatic carbocycles. The molecule has 0 radical (unpaired) electrons. The van der Waals surface area contributed by atoms with Crippen molar-refractivity contribution >= 4 is 33.5 Å². The van der Waals surface area contributed by atoms with E-state index in [9.17, 15) is 23.1 Å². The van der Waals surface area contributed by atoms with Crippen LogP contribution >= 0.6 is 11.6 Å². The summed E-state index contributed by atoms with van der Waals surface area (Å²) in [4.78, 5) is 24.1. The number of hydrogen-bond donors (Lipinski definition) is 3. The van der Waals surface area contributed by atoms with E-state index in [1.807, 2.05) is 54.6 Å². The molecule has 0 aliphatic rings. The summed E-state index contributed by atoms with van der Waals surface area (Å²) in [6.45, 7) is 2.38. The molecular weight excluding hydrogens is 528 g/mol. The van der Waals surface area contributed by atoms with E-state index in [1.54, 1.807) is 25.1 Å². The quantitative estimate of drug-likeness (QED) is 0.274. The molecule has 0 heterocycles. The second kappa shape index (κ2) is 13.9. The summed E-state index contributed by atoms with van der Waals surface area (Å²) in [5.74, 6) is -0.856. The lowest BCUT2D eigenvalue weighted by Crippen LogP contribution is -2.43. The van der Waals surface area contributed by atoms with Gasteiger partial charge in [0.1, 0.15) is 18.4 Å². The molecule has 3 aromatic rings. The van der Waals surface area contributed by atoms with Gasteiger partial charge in [-0.25, -0.2) is 13.1 Å². The number of aliphatic carboxylic acids is 1. The number of sulfonamides is 1. The minimum atomic E-state index is -3.68. The fourth-order valence-corrected chi connectivity index (χ4v) is 5.12. The number of hydrogen-bond acceptors (Lipinski definition) is 5. The number of carbonyl (C=O) groups excluding carboxylic acids is 1. The van der Waals surface area contributed by atoms with Gasteiger partial charge in [0.15, 0.2) is 0 Å². The van der Waals surface area contributed by atoms with Crippen LogP contribution in [0.5, 0.6) is 5.75 Å². The largest absolute Gasteiger partial charge is 0.489 e. The van der Waals surface area contributed by atoms with Crippen LogP contribution in [0.2, 0.25) is 5.02 Å². The minimum Gasteiger partial charge on any atom is -0.489 e. The van der Waals surface area contributed by atoms with Crippen LogP contribution in [0.1, 0.15) is 35.6 Å². The molecule has 3 aromatic carbocycles. The number of benzene rings is 3. The Bertz CT molecular complexity index is 1330. The highest BCUT2D eigenvalue weighted by molar-refractivity contribution is 7.89. The Balaban J connectivity index is 1.49. The lowest BCUT2D eigenvalue weighted by molar-refractivity contribution is -0.138. The summed E-state index contributed by atoms with van der Waals surface area (Å²) < 4.78 is 32.1. The summed E-state index contributed by atoms with van der Waals surface area (Å²) >= 11 is 5.89. The molecule has 0 spiro atoms. The molecule has 10 heteroatoms. The van der Waals surface area contributed by atoms with Crippen LogP contribution in [0.15, 0.2) is 72.8 Å². The van der Waals surface area contributed by atoms with Gasteiger partial charge in [-0.1, -0.05) is 67.1 Å². The molecule has 0 aliphatic heterocycles. The predicted molar refractivity (Wildman–Crippen MR) is 147 cm³/mol. The first-order chi connectivity index (χ1) is 18.1. The number of halogens is 1. The third-order valence-electron chi connectivity index (χ3n) is 5.62. The van der Waals surface area contributed by atoms with E-state index in [-0.39, 0.29) is 31.0 Å². The van der Waals surface area contributed by atoms with Gasteiger partial charge < -0.3 is 15.2 Å². The first kappa shape index (κ1) is 29.2. The van der Waals surface area contributed by atoms with Gasteiger partial charge in [-0.3, -0.25) is 9.59 Å². The number of carboxylic acids is 1. The monoisotopic (exact) mass is 558 g/mol. The first-order valence-electron chi connectivity index (χ1n) is 12.2. The third kappa shape index (κ3) is 9.81. The molecule has 1 unspecified atom stereocenters. The van der Waals surface area contributed by atoms with Gasteiger partial charge in [0, 0.05) is 11.6 Å². The molecule has 3 N–H and O–H groups in total. The molecule has 8 nitrogen and oxygen atoms in total. The predicted octanol–water partition coefficient (Wildman–Crippen LogP) is 4.10. The number of carbonyl (C=O) groups is 2. The summed E-state index contributed by atoms with van der Waals surface area (Å²) in [7, 11) is -3.68. The van der Waals surface area contributed by atoms with E-state index >= 15 is 0 Å². The smallest absolute Gasteiger partial charge is 0.322 e. The van der Waals surface area contributed by atoms with E-state index in [1.165, 1.54) is 0 Å². The average Bonchev–Trinajstić information content (AvgIpc) is 2.88. The van der Waals surface area contributed by atoms with Gasteiger partial charge >= 0.3 is 5.97 Å². The van der Waals surface area contributed by atoms with Gasteiger partial charge in [-0.05, 0) is 59.4 Å². The highest BCUT2D eigenvalue weighted by Gasteiger charge is 2.24. The maximum absolute atomic E-state index is 12.5. The van der Waals surface area contributed by atoms with Gasteiger partial charge in [-0.15, -0.1) is 0 Å². The van der Waals surface area contributed by atoms with Crippen molar-refractivity contribution in [2.75, 3.05) is 5.75 Å². The van der Waals surface area contributed by atoms with Crippen molar-refractivity contribution in [1.82, 2.24) is 10.0 Å². The summed E-state index contributed by atoms with van der Waals surface area (Å²) in [6.07, 6.45) is 0.572. The number of nitrogens with one attached hydrogen (secondary N) is 2. The normalized spacial score (nSPS) is 12.1. The van der Waals surface area contributed by atoms with Crippen LogP contribution in [-0.4, -0.2) is 37.2 Å². The van der Waals surface area contributed by atoms with Crippen LogP contribution in [-0.2, 0) is 45.6 Å². The highest BCUT2D eigenvalue weighted by Crippen LogP contribution is 2.16. The van der Waals surface area contributed by atoms with Crippen LogP contribution in [0, 0.1) is 0 Å². The van der Waals surface area contributed by atoms with E-state index in [0.29, 0.717) is 29.4 Å². The van der Waals surface area contributed by atoms with Crippen LogP contribution in [0.3, 0.4) is 0 Å². The first-order valence-corrected chi connectivity index (χ1v) is 14.2. The molecule has 3 rings (SSSR count). The number of ether oxygens (including phenoxy) is 1. The molecule has 1 amide bonds. The van der Waals surface area contributed by atoms with E-state index in [0.717, 1.165) is 16.7 Å². The Morgan fingerprint density at radius 1 is 0.947 bits per heavy atom. The molecule has 1 atom stereocenters. The van der Waals surface area contributed by atoms with Crippen molar-refractivity contribution in [3.05, 3.63) is 100 Å². The highest BCUT2D eigenvalue weighted by atomic mass is 35.5. The fraction of sp³-hybridized carbons (Fsp3) is 0.286. The van der Waals surface area contributed by atoms with Gasteiger partial charge in [0.2, 0.25) is 15.9 Å². The van der Waals surface area contributed by atoms with Gasteiger partial charge in [-0.2, -0.15) is 0 Å². The molecule has 0 bridgehead atoms. The van der Waals surface area contributed by atoms with Crippen molar-refractivity contribution in [2.45, 2.75) is 45.4 Å². The van der Waals surface area contributed by atoms with E-state index in [2.05, 4.69) is 10.0 Å². The summed E-state index contributed by atoms with van der Waals surface area (Å²) in [6, 6.07) is 20.5. The summed E-state index contributed by atoms with van der Waals surface area (Å²) in [5.41, 5.74) is 3.26. The molecule has 0 aromatic heterocycles. The number of amides is 1. The molecule has 0 saturated heterocycles. The standard InChI is InChI=1S/C28H31ClN2O6S/c1-2-14-38(35,36)31-26(28(33)34)16-22-4-3-5-23(15-22)18-30-27(32)17-20-8-12-25(13-9-20)37-19-21-6-10-24(29)11-7-21/h3-13,15,26,31H,2,14,16-19H2,1H3,(H,30,32)(H,33,34). The Morgan fingerprint density at radius 2 is 1.61 bits per heavy atom. The summed E-state index contributed by atoms with van der Waals surface area (Å²) in [5, 5.41) is 13.0. The minimum absolute atomic E-state index is 0.00744. The number of rotatable bonds is 14. The maximum atomic E-state index is 12.5. The van der Waals surface area contributed by atoms with Crippen molar-refractivity contribution < 1.29 is 27.9 Å². The fourth-order valence-electron chi connectivity index (χ4n) is 3.73. The van der Waals surface area contributed by atoms with Crippen molar-refractivity contribution in [3.8, 4) is 5.75 Å². The Morgan fingerprint density at radius 3 is 2.26 bits per heavy atom. The van der Waals surface area contributed by atoms with Gasteiger partial charge in [0.05, 0.1) is 12.2 Å². The Kier molecular flexibility index (Phi) is 10.7. The lowest BCUT2D eigenvalue weighted by atomic mass is 10.0. The van der Waals surface area contributed by atoms with Gasteiger partial charge in [0.25, 0.3) is 0 Å². The zero-order valence-corrected chi connectivity index (χ0v) is 22.6. The van der Waals surface area contributed by atoms with Crippen LogP contribution < -0.4 is 14.8 Å². The molecule has 38 heavy (non-hydrogen) atoms. The Labute approximate surface area is 228 Å². The zero-order valence-electron chi connectivity index (χ0n) is 21.0. The van der Waals surface area contributed by atoms with Crippen molar-refractivity contribution in [1.29, 1.82) is 0 Å². The van der Waals surface area contributed by atoms with Crippen LogP contribution in [0.25, 0.3) is 0 Å². The third-order valence-corrected chi connectivity index (χ3v) is 7.46. The average molecular weight is 559 g/mol. The second-order valence-corrected chi connectivity index (χ2v) is 11.2. The lowest BCUT2D eigenvalue weighted by Gasteiger charge is -2.15. The maximum Gasteiger partial charge on any atom is 0.322 e.